The average molecular weight is 288 g/mol. The first-order valence-corrected chi connectivity index (χ1v) is 9.10. The summed E-state index contributed by atoms with van der Waals surface area (Å²) in [6.45, 7) is 0.474. The van der Waals surface area contributed by atoms with Gasteiger partial charge in [0.05, 0.1) is 6.26 Å². The Hall–Kier alpha value is -0.620. The lowest BCUT2D eigenvalue weighted by Gasteiger charge is -2.24. The average Bonchev–Trinajstić information content (AvgIpc) is 2.70. The van der Waals surface area contributed by atoms with Crippen LogP contribution in [0.25, 0.3) is 0 Å². The highest BCUT2D eigenvalue weighted by Gasteiger charge is 2.36. The number of nitrogens with zero attached hydrogens (tertiary/aromatic N) is 1. The third-order valence-electron chi connectivity index (χ3n) is 4.13. The molecule has 0 bridgehead atoms. The molecule has 1 saturated heterocycles. The molecule has 1 atom stereocenters. The molecule has 1 amide bonds. The van der Waals surface area contributed by atoms with E-state index in [0.717, 1.165) is 32.1 Å². The number of rotatable bonds is 3. The van der Waals surface area contributed by atoms with Crippen molar-refractivity contribution in [1.29, 1.82) is 0 Å². The third kappa shape index (κ3) is 3.92. The highest BCUT2D eigenvalue weighted by molar-refractivity contribution is 7.88. The first-order valence-electron chi connectivity index (χ1n) is 7.25. The number of carbonyl (C=O) groups is 1. The second kappa shape index (κ2) is 6.22. The van der Waals surface area contributed by atoms with Crippen molar-refractivity contribution in [3.63, 3.8) is 0 Å². The lowest BCUT2D eigenvalue weighted by Crippen LogP contribution is -2.48. The molecule has 19 heavy (non-hydrogen) atoms. The molecule has 0 spiro atoms. The van der Waals surface area contributed by atoms with Gasteiger partial charge >= 0.3 is 0 Å². The smallest absolute Gasteiger partial charge is 0.238 e. The molecular formula is C13H24N2O3S. The molecule has 1 saturated carbocycles. The maximum absolute atomic E-state index is 12.3. The van der Waals surface area contributed by atoms with E-state index in [9.17, 15) is 13.2 Å². The Kier molecular flexibility index (Phi) is 4.84. The zero-order valence-electron chi connectivity index (χ0n) is 11.6. The molecule has 5 nitrogen and oxygen atoms in total. The topological polar surface area (TPSA) is 66.5 Å². The quantitative estimate of drug-likeness (QED) is 0.795. The monoisotopic (exact) mass is 288 g/mol. The van der Waals surface area contributed by atoms with Crippen LogP contribution < -0.4 is 5.32 Å². The van der Waals surface area contributed by atoms with Crippen LogP contribution in [-0.4, -0.2) is 43.5 Å². The second-order valence-electron chi connectivity index (χ2n) is 5.73. The zero-order chi connectivity index (χ0) is 13.9. The van der Waals surface area contributed by atoms with Crippen molar-refractivity contribution in [3.8, 4) is 0 Å². The molecular weight excluding hydrogens is 264 g/mol. The zero-order valence-corrected chi connectivity index (χ0v) is 12.4. The predicted molar refractivity (Wildman–Crippen MR) is 74.2 cm³/mol. The number of amides is 1. The third-order valence-corrected chi connectivity index (χ3v) is 5.42. The van der Waals surface area contributed by atoms with E-state index in [4.69, 9.17) is 0 Å². The molecule has 1 N–H and O–H groups in total. The van der Waals surface area contributed by atoms with Gasteiger partial charge in [0.25, 0.3) is 0 Å². The molecule has 0 aromatic rings. The minimum absolute atomic E-state index is 0.102. The summed E-state index contributed by atoms with van der Waals surface area (Å²) in [6, 6.07) is -0.254. The van der Waals surface area contributed by atoms with Crippen LogP contribution in [0.3, 0.4) is 0 Å². The number of carbonyl (C=O) groups excluding carboxylic acids is 1. The summed E-state index contributed by atoms with van der Waals surface area (Å²) < 4.78 is 24.6. The molecule has 110 valence electrons. The van der Waals surface area contributed by atoms with E-state index in [2.05, 4.69) is 5.32 Å². The molecule has 2 aliphatic rings. The van der Waals surface area contributed by atoms with E-state index in [1.54, 1.807) is 0 Å². The Morgan fingerprint density at radius 2 is 1.68 bits per heavy atom. The van der Waals surface area contributed by atoms with Crippen LogP contribution in [0.2, 0.25) is 0 Å². The first kappa shape index (κ1) is 14.8. The summed E-state index contributed by atoms with van der Waals surface area (Å²) in [5, 5.41) is 3.06. The van der Waals surface area contributed by atoms with Crippen molar-refractivity contribution in [2.24, 2.45) is 0 Å². The van der Waals surface area contributed by atoms with Gasteiger partial charge in [-0.05, 0) is 25.7 Å². The van der Waals surface area contributed by atoms with Gasteiger partial charge < -0.3 is 5.32 Å². The number of sulfonamides is 1. The largest absolute Gasteiger partial charge is 0.352 e. The van der Waals surface area contributed by atoms with Crippen molar-refractivity contribution < 1.29 is 13.2 Å². The van der Waals surface area contributed by atoms with Gasteiger partial charge in [-0.3, -0.25) is 4.79 Å². The molecule has 1 aliphatic heterocycles. The number of hydrogen-bond acceptors (Lipinski definition) is 3. The van der Waals surface area contributed by atoms with Crippen molar-refractivity contribution >= 4 is 15.9 Å². The molecule has 1 heterocycles. The van der Waals surface area contributed by atoms with Crippen molar-refractivity contribution in [1.82, 2.24) is 9.62 Å². The summed E-state index contributed by atoms with van der Waals surface area (Å²) in [4.78, 5) is 12.3. The molecule has 6 heteroatoms. The molecule has 2 rings (SSSR count). The van der Waals surface area contributed by atoms with Crippen molar-refractivity contribution in [3.05, 3.63) is 0 Å². The molecule has 2 fully saturated rings. The van der Waals surface area contributed by atoms with Gasteiger partial charge in [-0.15, -0.1) is 0 Å². The fraction of sp³-hybridized carbons (Fsp3) is 0.923. The van der Waals surface area contributed by atoms with Crippen molar-refractivity contribution in [2.45, 2.75) is 63.5 Å². The van der Waals surface area contributed by atoms with Gasteiger partial charge in [0.2, 0.25) is 15.9 Å². The highest BCUT2D eigenvalue weighted by atomic mass is 32.2. The first-order chi connectivity index (χ1) is 8.98. The summed E-state index contributed by atoms with van der Waals surface area (Å²) in [7, 11) is -3.27. The maximum atomic E-state index is 12.3. The Morgan fingerprint density at radius 1 is 1.05 bits per heavy atom. The minimum Gasteiger partial charge on any atom is -0.352 e. The normalized spacial score (nSPS) is 27.1. The molecule has 0 unspecified atom stereocenters. The van der Waals surface area contributed by atoms with E-state index in [0.29, 0.717) is 13.0 Å². The molecule has 0 aromatic carbocycles. The van der Waals surface area contributed by atoms with Crippen LogP contribution in [0.1, 0.15) is 51.4 Å². The summed E-state index contributed by atoms with van der Waals surface area (Å²) in [5.74, 6) is -0.102. The van der Waals surface area contributed by atoms with Gasteiger partial charge in [-0.25, -0.2) is 8.42 Å². The molecule has 1 aliphatic carbocycles. The Bertz CT molecular complexity index is 414. The maximum Gasteiger partial charge on any atom is 0.238 e. The van der Waals surface area contributed by atoms with Crippen LogP contribution in [0.15, 0.2) is 0 Å². The Balaban J connectivity index is 1.95. The SMILES string of the molecule is CS(=O)(=O)N1CCC[C@H]1C(=O)NC1CCCCCC1. The summed E-state index contributed by atoms with van der Waals surface area (Å²) >= 11 is 0. The van der Waals surface area contributed by atoms with Gasteiger partial charge in [0.15, 0.2) is 0 Å². The number of nitrogens with one attached hydrogen (secondary N) is 1. The van der Waals surface area contributed by atoms with Gasteiger partial charge in [-0.1, -0.05) is 25.7 Å². The van der Waals surface area contributed by atoms with E-state index in [1.807, 2.05) is 0 Å². The van der Waals surface area contributed by atoms with Crippen LogP contribution in [-0.2, 0) is 14.8 Å². The lowest BCUT2D eigenvalue weighted by molar-refractivity contribution is -0.125. The van der Waals surface area contributed by atoms with E-state index < -0.39 is 16.1 Å². The van der Waals surface area contributed by atoms with Gasteiger partial charge in [-0.2, -0.15) is 4.31 Å². The summed E-state index contributed by atoms with van der Waals surface area (Å²) in [5.41, 5.74) is 0. The van der Waals surface area contributed by atoms with Gasteiger partial charge in [0, 0.05) is 12.6 Å². The van der Waals surface area contributed by atoms with Gasteiger partial charge in [0.1, 0.15) is 6.04 Å². The van der Waals surface area contributed by atoms with E-state index >= 15 is 0 Å². The van der Waals surface area contributed by atoms with E-state index in [-0.39, 0.29) is 11.9 Å². The van der Waals surface area contributed by atoms with E-state index in [1.165, 1.54) is 23.4 Å². The second-order valence-corrected chi connectivity index (χ2v) is 7.66. The summed E-state index contributed by atoms with van der Waals surface area (Å²) in [6.07, 6.45) is 9.45. The number of hydrogen-bond donors (Lipinski definition) is 1. The fourth-order valence-electron chi connectivity index (χ4n) is 3.12. The lowest BCUT2D eigenvalue weighted by atomic mass is 10.1. The van der Waals surface area contributed by atoms with Crippen LogP contribution in [0.4, 0.5) is 0 Å². The fourth-order valence-corrected chi connectivity index (χ4v) is 4.24. The van der Waals surface area contributed by atoms with Crippen molar-refractivity contribution in [2.75, 3.05) is 12.8 Å². The Labute approximate surface area is 115 Å². The predicted octanol–water partition coefficient (Wildman–Crippen LogP) is 1.25. The Morgan fingerprint density at radius 3 is 2.26 bits per heavy atom. The standard InChI is InChI=1S/C13H24N2O3S/c1-19(17,18)15-10-6-9-12(15)13(16)14-11-7-4-2-3-5-8-11/h11-12H,2-10H2,1H3,(H,14,16)/t12-/m0/s1. The van der Waals surface area contributed by atoms with Crippen LogP contribution in [0, 0.1) is 0 Å². The minimum atomic E-state index is -3.27. The molecule has 0 aromatic heterocycles. The molecule has 0 radical (unpaired) electrons. The van der Waals surface area contributed by atoms with Crippen LogP contribution >= 0.6 is 0 Å². The highest BCUT2D eigenvalue weighted by Crippen LogP contribution is 2.22. The van der Waals surface area contributed by atoms with Crippen LogP contribution in [0.5, 0.6) is 0 Å².